The van der Waals surface area contributed by atoms with Gasteiger partial charge in [-0.05, 0) is 206 Å². The maximum absolute atomic E-state index is 2.43. The third kappa shape index (κ3) is 10.9. The molecule has 0 saturated carbocycles. The van der Waals surface area contributed by atoms with E-state index in [4.69, 9.17) is 0 Å². The average molecular weight is 1270 g/mol. The molecule has 0 saturated heterocycles. The van der Waals surface area contributed by atoms with Gasteiger partial charge in [-0.25, -0.2) is 0 Å². The quantitative estimate of drug-likeness (QED) is 0.100. The van der Waals surface area contributed by atoms with Crippen LogP contribution < -0.4 is 9.80 Å². The molecule has 0 N–H and O–H groups in total. The average Bonchev–Trinajstić information content (AvgIpc) is 1.60. The Morgan fingerprint density at radius 1 is 0.182 bits per heavy atom. The summed E-state index contributed by atoms with van der Waals surface area (Å²) in [7, 11) is 0. The molecule has 0 unspecified atom stereocenters. The van der Waals surface area contributed by atoms with E-state index in [-0.39, 0.29) is 16.2 Å². The normalized spacial score (nSPS) is 13.9. The monoisotopic (exact) mass is 1270 g/mol. The molecular formula is C97H76N2. The number of hydrogen-bond acceptors (Lipinski definition) is 2. The summed E-state index contributed by atoms with van der Waals surface area (Å²) in [6.07, 6.45) is 9.20. The number of anilines is 6. The van der Waals surface area contributed by atoms with E-state index in [2.05, 4.69) is 403 Å². The van der Waals surface area contributed by atoms with Crippen LogP contribution in [-0.2, 0) is 16.2 Å². The molecule has 3 aliphatic carbocycles. The highest BCUT2D eigenvalue weighted by Crippen LogP contribution is 2.54. The van der Waals surface area contributed by atoms with E-state index >= 15 is 0 Å². The minimum absolute atomic E-state index is 0.178. The third-order valence-corrected chi connectivity index (χ3v) is 21.5. The molecule has 0 aromatic heterocycles. The molecule has 3 aliphatic rings. The summed E-state index contributed by atoms with van der Waals surface area (Å²) in [6.45, 7) is 14.3. The fraction of sp³-hybridized carbons (Fsp3) is 0.0928. The van der Waals surface area contributed by atoms with E-state index < -0.39 is 0 Å². The summed E-state index contributed by atoms with van der Waals surface area (Å²) in [6, 6.07) is 121. The van der Waals surface area contributed by atoms with E-state index in [1.54, 1.807) is 0 Å². The van der Waals surface area contributed by atoms with Crippen molar-refractivity contribution >= 4 is 58.4 Å². The van der Waals surface area contributed by atoms with Crippen LogP contribution in [0.3, 0.4) is 0 Å². The predicted molar refractivity (Wildman–Crippen MR) is 421 cm³/mol. The van der Waals surface area contributed by atoms with Crippen LogP contribution in [0.1, 0.15) is 97.2 Å². The van der Waals surface area contributed by atoms with Crippen molar-refractivity contribution in [2.24, 2.45) is 0 Å². The maximum atomic E-state index is 2.43. The second kappa shape index (κ2) is 24.4. The van der Waals surface area contributed by atoms with Crippen LogP contribution >= 0.6 is 0 Å². The Morgan fingerprint density at radius 2 is 0.364 bits per heavy atom. The van der Waals surface area contributed by atoms with E-state index in [1.165, 1.54) is 134 Å². The van der Waals surface area contributed by atoms with Gasteiger partial charge in [0.15, 0.2) is 0 Å². The zero-order chi connectivity index (χ0) is 67.0. The van der Waals surface area contributed by atoms with Gasteiger partial charge in [0.25, 0.3) is 0 Å². The molecular weight excluding hydrogens is 1190 g/mol. The minimum atomic E-state index is -0.224. The Kier molecular flexibility index (Phi) is 15.0. The van der Waals surface area contributed by atoms with Crippen LogP contribution in [0, 0.1) is 0 Å². The first-order chi connectivity index (χ1) is 48.3. The van der Waals surface area contributed by atoms with Crippen molar-refractivity contribution in [2.45, 2.75) is 57.8 Å². The SMILES string of the molecule is CC1(C)c2cc(/C=C/c3ccc4c(c3)C(C)(C)c3cc(N(c5ccc(-c6ccccc6)cc5)c5ccc(-c6ccccc6)cc5)ccc3-4)ccc2-c2ccc(/C=C/c3ccc4c(c3)C(C)(C)c3cc(N(c5ccc(-c6ccccc6)cc5)c5ccc(-c6ccccc6)cc5)ccc3-4)cc21. The Labute approximate surface area is 583 Å². The first-order valence-electron chi connectivity index (χ1n) is 34.8. The Morgan fingerprint density at radius 3 is 0.586 bits per heavy atom. The molecule has 0 bridgehead atoms. The molecule has 0 atom stereocenters. The van der Waals surface area contributed by atoms with Gasteiger partial charge in [-0.3, -0.25) is 0 Å². The number of hydrogen-bond donors (Lipinski definition) is 0. The molecule has 2 nitrogen and oxygen atoms in total. The molecule has 14 aromatic rings. The zero-order valence-electron chi connectivity index (χ0n) is 56.9. The maximum Gasteiger partial charge on any atom is 0.0465 e. The van der Waals surface area contributed by atoms with Gasteiger partial charge in [0.2, 0.25) is 0 Å². The Bertz CT molecular complexity index is 4940. The lowest BCUT2D eigenvalue weighted by Gasteiger charge is -2.28. The van der Waals surface area contributed by atoms with Crippen LogP contribution in [0.5, 0.6) is 0 Å². The Balaban J connectivity index is 0.604. The van der Waals surface area contributed by atoms with Crippen molar-refractivity contribution in [3.05, 3.63) is 383 Å². The van der Waals surface area contributed by atoms with Gasteiger partial charge in [-0.1, -0.05) is 321 Å². The van der Waals surface area contributed by atoms with Crippen molar-refractivity contribution < 1.29 is 0 Å². The van der Waals surface area contributed by atoms with Gasteiger partial charge >= 0.3 is 0 Å². The van der Waals surface area contributed by atoms with Crippen LogP contribution in [0.25, 0.3) is 102 Å². The fourth-order valence-electron chi connectivity index (χ4n) is 16.0. The summed E-state index contributed by atoms with van der Waals surface area (Å²) in [5, 5.41) is 0. The molecule has 17 rings (SSSR count). The lowest BCUT2D eigenvalue weighted by molar-refractivity contribution is 0.660. The summed E-state index contributed by atoms with van der Waals surface area (Å²) in [4.78, 5) is 4.81. The first kappa shape index (κ1) is 60.8. The van der Waals surface area contributed by atoms with Gasteiger partial charge in [-0.15, -0.1) is 0 Å². The topological polar surface area (TPSA) is 6.48 Å². The second-order valence-corrected chi connectivity index (χ2v) is 28.5. The lowest BCUT2D eigenvalue weighted by atomic mass is 9.81. The molecule has 474 valence electrons. The van der Waals surface area contributed by atoms with Gasteiger partial charge in [0.1, 0.15) is 0 Å². The van der Waals surface area contributed by atoms with Crippen LogP contribution in [0.4, 0.5) is 34.1 Å². The zero-order valence-corrected chi connectivity index (χ0v) is 56.9. The minimum Gasteiger partial charge on any atom is -0.310 e. The van der Waals surface area contributed by atoms with Crippen LogP contribution in [0.15, 0.2) is 328 Å². The standard InChI is InChI=1S/C97H76N2/c1-95(2)89-59-65(27-29-67-33-55-85-87-57-51-81(63-93(87)96(3,4)91(85)61-67)98(77-43-35-73(36-44-77)69-19-11-7-12-20-69)78-45-37-74(38-46-78)70-21-13-8-14-22-70)31-53-83(89)84-54-32-66(60-90(84)95)28-30-68-34-56-86-88-58-52-82(64-94(88)97(5,6)92(86)62-68)99(79-47-39-75(40-48-79)71-23-15-9-16-24-71)80-49-41-76(42-50-80)72-25-17-10-18-26-72/h7-64H,1-6H3/b29-27+,30-28+. The number of fused-ring (bicyclic) bond motifs is 9. The van der Waals surface area contributed by atoms with Gasteiger partial charge in [-0.2, -0.15) is 0 Å². The summed E-state index contributed by atoms with van der Waals surface area (Å²) >= 11 is 0. The molecule has 0 aliphatic heterocycles. The lowest BCUT2D eigenvalue weighted by Crippen LogP contribution is -2.16. The van der Waals surface area contributed by atoms with Crippen molar-refractivity contribution in [3.8, 4) is 77.9 Å². The largest absolute Gasteiger partial charge is 0.310 e. The highest BCUT2D eigenvalue weighted by molar-refractivity contribution is 5.91. The smallest absolute Gasteiger partial charge is 0.0465 e. The number of rotatable bonds is 14. The van der Waals surface area contributed by atoms with Gasteiger partial charge < -0.3 is 9.80 Å². The van der Waals surface area contributed by atoms with Crippen molar-refractivity contribution in [1.29, 1.82) is 0 Å². The molecule has 0 fully saturated rings. The van der Waals surface area contributed by atoms with Crippen molar-refractivity contribution in [3.63, 3.8) is 0 Å². The summed E-state index contributed by atoms with van der Waals surface area (Å²) in [5.41, 5.74) is 36.5. The molecule has 99 heavy (non-hydrogen) atoms. The molecule has 2 heteroatoms. The van der Waals surface area contributed by atoms with Crippen molar-refractivity contribution in [2.75, 3.05) is 9.80 Å². The molecule has 0 spiro atoms. The molecule has 0 heterocycles. The second-order valence-electron chi connectivity index (χ2n) is 28.5. The third-order valence-electron chi connectivity index (χ3n) is 21.5. The van der Waals surface area contributed by atoms with Gasteiger partial charge in [0, 0.05) is 50.4 Å². The highest BCUT2D eigenvalue weighted by Gasteiger charge is 2.39. The highest BCUT2D eigenvalue weighted by atomic mass is 15.1. The van der Waals surface area contributed by atoms with Crippen LogP contribution in [-0.4, -0.2) is 0 Å². The molecule has 14 aromatic carbocycles. The van der Waals surface area contributed by atoms with E-state index in [0.717, 1.165) is 34.1 Å². The molecule has 0 radical (unpaired) electrons. The first-order valence-corrected chi connectivity index (χ1v) is 34.8. The number of benzene rings is 14. The summed E-state index contributed by atoms with van der Waals surface area (Å²) < 4.78 is 0. The van der Waals surface area contributed by atoms with Crippen LogP contribution in [0.2, 0.25) is 0 Å². The van der Waals surface area contributed by atoms with E-state index in [1.807, 2.05) is 0 Å². The van der Waals surface area contributed by atoms with E-state index in [9.17, 15) is 0 Å². The summed E-state index contributed by atoms with van der Waals surface area (Å²) in [5.74, 6) is 0. The van der Waals surface area contributed by atoms with E-state index in [0.29, 0.717) is 0 Å². The molecule has 0 amide bonds. The van der Waals surface area contributed by atoms with Crippen molar-refractivity contribution in [1.82, 2.24) is 0 Å². The Hall–Kier alpha value is -11.8. The predicted octanol–water partition coefficient (Wildman–Crippen LogP) is 26.6. The fourth-order valence-corrected chi connectivity index (χ4v) is 16.0. The number of nitrogens with zero attached hydrogens (tertiary/aromatic N) is 2. The van der Waals surface area contributed by atoms with Gasteiger partial charge in [0.05, 0.1) is 0 Å².